The van der Waals surface area contributed by atoms with Crippen molar-refractivity contribution in [2.45, 2.75) is 26.3 Å². The van der Waals surface area contributed by atoms with E-state index in [-0.39, 0.29) is 18.5 Å². The van der Waals surface area contributed by atoms with Gasteiger partial charge in [-0.15, -0.1) is 0 Å². The molecule has 1 atom stereocenters. The molecule has 1 amide bonds. The van der Waals surface area contributed by atoms with Gasteiger partial charge in [0.1, 0.15) is 6.54 Å². The van der Waals surface area contributed by atoms with Gasteiger partial charge in [-0.3, -0.25) is 4.79 Å². The first kappa shape index (κ1) is 20.9. The summed E-state index contributed by atoms with van der Waals surface area (Å²) in [6.45, 7) is 3.68. The third-order valence-electron chi connectivity index (χ3n) is 4.34. The summed E-state index contributed by atoms with van der Waals surface area (Å²) < 4.78 is 27.5. The maximum absolute atomic E-state index is 12.7. The van der Waals surface area contributed by atoms with Gasteiger partial charge in [0.2, 0.25) is 5.91 Å². The van der Waals surface area contributed by atoms with Gasteiger partial charge in [-0.2, -0.15) is 12.7 Å². The molecule has 6 nitrogen and oxygen atoms in total. The molecular formula is C20H27N3O3S. The van der Waals surface area contributed by atoms with Gasteiger partial charge in [-0.1, -0.05) is 49.4 Å². The van der Waals surface area contributed by atoms with Crippen LogP contribution in [0.2, 0.25) is 0 Å². The van der Waals surface area contributed by atoms with Gasteiger partial charge in [0, 0.05) is 14.1 Å². The zero-order chi connectivity index (χ0) is 20.0. The molecule has 0 radical (unpaired) electrons. The number of benzene rings is 2. The first-order valence-electron chi connectivity index (χ1n) is 8.89. The molecule has 0 aliphatic heterocycles. The van der Waals surface area contributed by atoms with Crippen LogP contribution in [0.4, 0.5) is 5.69 Å². The number of hydrogen-bond acceptors (Lipinski definition) is 3. The summed E-state index contributed by atoms with van der Waals surface area (Å²) in [7, 11) is -0.900. The lowest BCUT2D eigenvalue weighted by atomic mass is 10.1. The van der Waals surface area contributed by atoms with E-state index in [4.69, 9.17) is 0 Å². The monoisotopic (exact) mass is 389 g/mol. The maximum atomic E-state index is 12.7. The Labute approximate surface area is 162 Å². The summed E-state index contributed by atoms with van der Waals surface area (Å²) in [4.78, 5) is 12.6. The van der Waals surface area contributed by atoms with E-state index in [9.17, 15) is 13.2 Å². The zero-order valence-corrected chi connectivity index (χ0v) is 17.0. The van der Waals surface area contributed by atoms with Crippen molar-refractivity contribution >= 4 is 21.8 Å². The zero-order valence-electron chi connectivity index (χ0n) is 16.2. The van der Waals surface area contributed by atoms with Crippen LogP contribution in [0.15, 0.2) is 54.6 Å². The highest BCUT2D eigenvalue weighted by Crippen LogP contribution is 2.19. The van der Waals surface area contributed by atoms with Gasteiger partial charge >= 0.3 is 10.2 Å². The van der Waals surface area contributed by atoms with E-state index in [1.54, 1.807) is 30.3 Å². The largest absolute Gasteiger partial charge is 0.348 e. The number of carbonyl (C=O) groups is 1. The van der Waals surface area contributed by atoms with Gasteiger partial charge in [-0.25, -0.2) is 4.31 Å². The van der Waals surface area contributed by atoms with Gasteiger partial charge in [-0.05, 0) is 36.6 Å². The van der Waals surface area contributed by atoms with E-state index >= 15 is 0 Å². The van der Waals surface area contributed by atoms with Crippen molar-refractivity contribution in [3.63, 3.8) is 0 Å². The van der Waals surface area contributed by atoms with Crippen molar-refractivity contribution in [3.8, 4) is 0 Å². The van der Waals surface area contributed by atoms with Crippen molar-refractivity contribution in [1.29, 1.82) is 0 Å². The minimum Gasteiger partial charge on any atom is -0.348 e. The molecule has 0 bridgehead atoms. The lowest BCUT2D eigenvalue weighted by molar-refractivity contribution is -0.120. The third-order valence-corrected chi connectivity index (χ3v) is 6.16. The lowest BCUT2D eigenvalue weighted by Crippen LogP contribution is -2.46. The summed E-state index contributed by atoms with van der Waals surface area (Å²) in [5, 5.41) is 2.88. The van der Waals surface area contributed by atoms with Gasteiger partial charge in [0.05, 0.1) is 11.7 Å². The normalized spacial score (nSPS) is 12.6. The Hall–Kier alpha value is -2.38. The van der Waals surface area contributed by atoms with Crippen molar-refractivity contribution in [1.82, 2.24) is 9.62 Å². The quantitative estimate of drug-likeness (QED) is 0.755. The van der Waals surface area contributed by atoms with E-state index in [0.717, 1.165) is 20.6 Å². The fourth-order valence-corrected chi connectivity index (χ4v) is 3.70. The number of hydrogen-bond donors (Lipinski definition) is 1. The molecule has 7 heteroatoms. The van der Waals surface area contributed by atoms with Crippen LogP contribution < -0.4 is 9.62 Å². The molecule has 0 saturated heterocycles. The molecule has 0 saturated carbocycles. The second-order valence-corrected chi connectivity index (χ2v) is 8.58. The number of anilines is 1. The number of nitrogens with zero attached hydrogens (tertiary/aromatic N) is 2. The van der Waals surface area contributed by atoms with E-state index in [2.05, 4.69) is 12.2 Å². The number of para-hydroxylation sites is 1. The molecule has 2 aromatic carbocycles. The average Bonchev–Trinajstić information content (AvgIpc) is 2.66. The highest BCUT2D eigenvalue weighted by atomic mass is 32.2. The Balaban J connectivity index is 2.15. The molecule has 1 N–H and O–H groups in total. The third kappa shape index (κ3) is 5.30. The minimum atomic E-state index is -3.79. The Bertz CT molecular complexity index is 850. The van der Waals surface area contributed by atoms with Crippen LogP contribution in [0.3, 0.4) is 0 Å². The Morgan fingerprint density at radius 2 is 1.63 bits per heavy atom. The van der Waals surface area contributed by atoms with Crippen molar-refractivity contribution < 1.29 is 13.2 Å². The summed E-state index contributed by atoms with van der Waals surface area (Å²) in [6.07, 6.45) is 0.954. The molecule has 146 valence electrons. The molecule has 27 heavy (non-hydrogen) atoms. The van der Waals surface area contributed by atoms with Gasteiger partial charge in [0.25, 0.3) is 0 Å². The van der Waals surface area contributed by atoms with Crippen LogP contribution in [0, 0.1) is 0 Å². The fourth-order valence-electron chi connectivity index (χ4n) is 2.64. The molecular weight excluding hydrogens is 362 g/mol. The predicted octanol–water partition coefficient (Wildman–Crippen LogP) is 2.74. The van der Waals surface area contributed by atoms with Crippen molar-refractivity contribution in [2.75, 3.05) is 24.9 Å². The second kappa shape index (κ2) is 9.01. The van der Waals surface area contributed by atoms with Gasteiger partial charge in [0.15, 0.2) is 0 Å². The first-order chi connectivity index (χ1) is 12.8. The molecule has 2 aromatic rings. The van der Waals surface area contributed by atoms with E-state index in [1.165, 1.54) is 19.7 Å². The highest BCUT2D eigenvalue weighted by Gasteiger charge is 2.27. The van der Waals surface area contributed by atoms with Gasteiger partial charge < -0.3 is 5.32 Å². The SMILES string of the molecule is CCc1ccc([C@@H](C)NC(=O)CN(c2ccccc2)S(=O)(=O)N(C)C)cc1. The standard InChI is InChI=1S/C20H27N3O3S/c1-5-17-11-13-18(14-12-17)16(2)21-20(24)15-23(27(25,26)22(3)4)19-9-7-6-8-10-19/h6-14,16H,5,15H2,1-4H3,(H,21,24)/t16-/m1/s1. The summed E-state index contributed by atoms with van der Waals surface area (Å²) in [5.74, 6) is -0.364. The van der Waals surface area contributed by atoms with Crippen LogP contribution in [-0.4, -0.2) is 39.3 Å². The van der Waals surface area contributed by atoms with E-state index in [1.807, 2.05) is 31.2 Å². The number of carbonyl (C=O) groups excluding carboxylic acids is 1. The molecule has 0 heterocycles. The predicted molar refractivity (Wildman–Crippen MR) is 109 cm³/mol. The molecule has 0 unspecified atom stereocenters. The molecule has 0 spiro atoms. The number of amides is 1. The molecule has 0 aliphatic rings. The van der Waals surface area contributed by atoms with Crippen molar-refractivity contribution in [2.24, 2.45) is 0 Å². The Morgan fingerprint density at radius 3 is 2.15 bits per heavy atom. The second-order valence-electron chi connectivity index (χ2n) is 6.52. The smallest absolute Gasteiger partial charge is 0.304 e. The van der Waals surface area contributed by atoms with Crippen LogP contribution in [0.5, 0.6) is 0 Å². The topological polar surface area (TPSA) is 69.7 Å². The average molecular weight is 390 g/mol. The Morgan fingerprint density at radius 1 is 1.04 bits per heavy atom. The van der Waals surface area contributed by atoms with E-state index in [0.29, 0.717) is 5.69 Å². The highest BCUT2D eigenvalue weighted by molar-refractivity contribution is 7.90. The van der Waals surface area contributed by atoms with Crippen LogP contribution >= 0.6 is 0 Å². The maximum Gasteiger partial charge on any atom is 0.304 e. The molecule has 2 rings (SSSR count). The van der Waals surface area contributed by atoms with E-state index < -0.39 is 10.2 Å². The molecule has 0 aliphatic carbocycles. The lowest BCUT2D eigenvalue weighted by Gasteiger charge is -2.27. The molecule has 0 aromatic heterocycles. The van der Waals surface area contributed by atoms with Crippen LogP contribution in [0.1, 0.15) is 31.0 Å². The first-order valence-corrected chi connectivity index (χ1v) is 10.3. The summed E-state index contributed by atoms with van der Waals surface area (Å²) in [6, 6.07) is 16.4. The van der Waals surface area contributed by atoms with Crippen molar-refractivity contribution in [3.05, 3.63) is 65.7 Å². The molecule has 0 fully saturated rings. The number of nitrogens with one attached hydrogen (secondary N) is 1. The number of rotatable bonds is 8. The fraction of sp³-hybridized carbons (Fsp3) is 0.350. The summed E-state index contributed by atoms with van der Waals surface area (Å²) in [5.41, 5.74) is 2.65. The van der Waals surface area contributed by atoms with Crippen LogP contribution in [-0.2, 0) is 21.4 Å². The number of aryl methyl sites for hydroxylation is 1. The summed E-state index contributed by atoms with van der Waals surface area (Å²) >= 11 is 0. The minimum absolute atomic E-state index is 0.219. The Kier molecular flexibility index (Phi) is 6.98. The van der Waals surface area contributed by atoms with Crippen LogP contribution in [0.25, 0.3) is 0 Å².